The molecule has 2 rings (SSSR count). The van der Waals surface area contributed by atoms with E-state index in [1.165, 1.54) is 25.0 Å². The van der Waals surface area contributed by atoms with Gasteiger partial charge in [0.05, 0.1) is 0 Å². The Labute approximate surface area is 119 Å². The van der Waals surface area contributed by atoms with Crippen molar-refractivity contribution in [3.8, 4) is 0 Å². The highest BCUT2D eigenvalue weighted by atomic mass is 32.1. The van der Waals surface area contributed by atoms with Crippen LogP contribution in [0.1, 0.15) is 33.1 Å². The summed E-state index contributed by atoms with van der Waals surface area (Å²) in [5.41, 5.74) is 0.815. The first kappa shape index (κ1) is 14.3. The second kappa shape index (κ2) is 6.33. The van der Waals surface area contributed by atoms with Crippen LogP contribution in [0.25, 0.3) is 0 Å². The second-order valence-corrected chi connectivity index (χ2v) is 5.89. The van der Waals surface area contributed by atoms with Crippen LogP contribution in [0.5, 0.6) is 0 Å². The zero-order valence-corrected chi connectivity index (χ0v) is 12.3. The third-order valence-electron chi connectivity index (χ3n) is 4.13. The van der Waals surface area contributed by atoms with E-state index in [0.717, 1.165) is 18.0 Å². The van der Waals surface area contributed by atoms with E-state index in [-0.39, 0.29) is 5.82 Å². The molecule has 1 aromatic rings. The maximum atomic E-state index is 12.8. The van der Waals surface area contributed by atoms with E-state index in [0.29, 0.717) is 17.1 Å². The van der Waals surface area contributed by atoms with Crippen LogP contribution in [0.3, 0.4) is 0 Å². The Kier molecular flexibility index (Phi) is 4.75. The number of nitrogens with one attached hydrogen (secondary N) is 2. The Balaban J connectivity index is 1.88. The smallest absolute Gasteiger partial charge is 0.171 e. The van der Waals surface area contributed by atoms with E-state index in [4.69, 9.17) is 12.2 Å². The van der Waals surface area contributed by atoms with Gasteiger partial charge < -0.3 is 10.6 Å². The second-order valence-electron chi connectivity index (χ2n) is 5.48. The summed E-state index contributed by atoms with van der Waals surface area (Å²) in [6.07, 6.45) is 3.72. The van der Waals surface area contributed by atoms with Crippen molar-refractivity contribution in [1.82, 2.24) is 5.32 Å². The Hall–Kier alpha value is -1.16. The predicted molar refractivity (Wildman–Crippen MR) is 81.7 cm³/mol. The molecule has 2 N–H and O–H groups in total. The molecule has 2 nitrogen and oxygen atoms in total. The van der Waals surface area contributed by atoms with Crippen molar-refractivity contribution in [2.45, 2.75) is 39.2 Å². The average molecular weight is 280 g/mol. The monoisotopic (exact) mass is 280 g/mol. The molecule has 0 unspecified atom stereocenters. The molecule has 1 fully saturated rings. The van der Waals surface area contributed by atoms with Gasteiger partial charge in [0.2, 0.25) is 0 Å². The van der Waals surface area contributed by atoms with E-state index < -0.39 is 0 Å². The van der Waals surface area contributed by atoms with Crippen molar-refractivity contribution in [2.75, 3.05) is 5.32 Å². The summed E-state index contributed by atoms with van der Waals surface area (Å²) in [7, 11) is 0. The SMILES string of the molecule is C[C@H]1[C@H](C)CCC[C@H]1NC(=S)Nc1ccc(F)cc1. The maximum Gasteiger partial charge on any atom is 0.171 e. The fraction of sp³-hybridized carbons (Fsp3) is 0.533. The highest BCUT2D eigenvalue weighted by Crippen LogP contribution is 2.29. The van der Waals surface area contributed by atoms with Gasteiger partial charge >= 0.3 is 0 Å². The predicted octanol–water partition coefficient (Wildman–Crippen LogP) is 3.94. The molecule has 1 aromatic carbocycles. The lowest BCUT2D eigenvalue weighted by molar-refractivity contribution is 0.225. The van der Waals surface area contributed by atoms with Crippen molar-refractivity contribution >= 4 is 23.0 Å². The van der Waals surface area contributed by atoms with Crippen molar-refractivity contribution in [3.63, 3.8) is 0 Å². The van der Waals surface area contributed by atoms with Gasteiger partial charge in [-0.05, 0) is 54.7 Å². The van der Waals surface area contributed by atoms with Crippen LogP contribution >= 0.6 is 12.2 Å². The van der Waals surface area contributed by atoms with Crippen LogP contribution < -0.4 is 10.6 Å². The van der Waals surface area contributed by atoms with Crippen molar-refractivity contribution in [1.29, 1.82) is 0 Å². The summed E-state index contributed by atoms with van der Waals surface area (Å²) in [6, 6.07) is 6.67. The van der Waals surface area contributed by atoms with Gasteiger partial charge in [-0.15, -0.1) is 0 Å². The molecule has 0 bridgehead atoms. The summed E-state index contributed by atoms with van der Waals surface area (Å²) in [5.74, 6) is 1.13. The molecular formula is C15H21FN2S. The van der Waals surface area contributed by atoms with Crippen LogP contribution in [-0.2, 0) is 0 Å². The molecule has 1 aliphatic rings. The Morgan fingerprint density at radius 2 is 1.89 bits per heavy atom. The third kappa shape index (κ3) is 3.90. The minimum atomic E-state index is -0.237. The minimum absolute atomic E-state index is 0.237. The lowest BCUT2D eigenvalue weighted by Crippen LogP contribution is -2.45. The maximum absolute atomic E-state index is 12.8. The van der Waals surface area contributed by atoms with Crippen LogP contribution in [0.4, 0.5) is 10.1 Å². The summed E-state index contributed by atoms with van der Waals surface area (Å²) < 4.78 is 12.8. The number of halogens is 1. The van der Waals surface area contributed by atoms with E-state index >= 15 is 0 Å². The summed E-state index contributed by atoms with van der Waals surface area (Å²) >= 11 is 5.33. The molecule has 104 valence electrons. The van der Waals surface area contributed by atoms with Crippen molar-refractivity contribution in [3.05, 3.63) is 30.1 Å². The lowest BCUT2D eigenvalue weighted by atomic mass is 9.78. The fourth-order valence-electron chi connectivity index (χ4n) is 2.65. The van der Waals surface area contributed by atoms with E-state index in [1.54, 1.807) is 12.1 Å². The molecule has 4 heteroatoms. The topological polar surface area (TPSA) is 24.1 Å². The number of hydrogen-bond acceptors (Lipinski definition) is 1. The highest BCUT2D eigenvalue weighted by Gasteiger charge is 2.27. The molecule has 1 saturated carbocycles. The molecule has 0 amide bonds. The number of rotatable bonds is 2. The van der Waals surface area contributed by atoms with Gasteiger partial charge in [0.1, 0.15) is 5.82 Å². The molecule has 0 radical (unpaired) electrons. The van der Waals surface area contributed by atoms with Gasteiger partial charge in [0, 0.05) is 11.7 Å². The first-order valence-electron chi connectivity index (χ1n) is 6.89. The zero-order valence-electron chi connectivity index (χ0n) is 11.4. The number of thiocarbonyl (C=S) groups is 1. The molecule has 0 aliphatic heterocycles. The number of anilines is 1. The lowest BCUT2D eigenvalue weighted by Gasteiger charge is -2.35. The average Bonchev–Trinajstić information content (AvgIpc) is 2.38. The summed E-state index contributed by atoms with van der Waals surface area (Å²) in [4.78, 5) is 0. The minimum Gasteiger partial charge on any atom is -0.359 e. The highest BCUT2D eigenvalue weighted by molar-refractivity contribution is 7.80. The summed E-state index contributed by atoms with van der Waals surface area (Å²) in [6.45, 7) is 4.58. The van der Waals surface area contributed by atoms with Crippen LogP contribution in [-0.4, -0.2) is 11.2 Å². The van der Waals surface area contributed by atoms with Gasteiger partial charge in [-0.1, -0.05) is 26.7 Å². The van der Waals surface area contributed by atoms with Gasteiger partial charge in [0.15, 0.2) is 5.11 Å². The molecule has 0 aromatic heterocycles. The molecule has 0 heterocycles. The number of hydrogen-bond donors (Lipinski definition) is 2. The van der Waals surface area contributed by atoms with E-state index in [9.17, 15) is 4.39 Å². The van der Waals surface area contributed by atoms with Crippen LogP contribution in [0.15, 0.2) is 24.3 Å². The van der Waals surface area contributed by atoms with Gasteiger partial charge in [0.25, 0.3) is 0 Å². The normalized spacial score (nSPS) is 26.8. The Morgan fingerprint density at radius 1 is 1.21 bits per heavy atom. The van der Waals surface area contributed by atoms with Crippen LogP contribution in [0.2, 0.25) is 0 Å². The molecule has 19 heavy (non-hydrogen) atoms. The summed E-state index contributed by atoms with van der Waals surface area (Å²) in [5, 5.41) is 7.12. The van der Waals surface area contributed by atoms with Gasteiger partial charge in [-0.3, -0.25) is 0 Å². The molecule has 0 saturated heterocycles. The molecular weight excluding hydrogens is 259 g/mol. The Morgan fingerprint density at radius 3 is 2.58 bits per heavy atom. The van der Waals surface area contributed by atoms with Crippen molar-refractivity contribution < 1.29 is 4.39 Å². The molecule has 3 atom stereocenters. The third-order valence-corrected chi connectivity index (χ3v) is 4.35. The van der Waals surface area contributed by atoms with Gasteiger partial charge in [-0.2, -0.15) is 0 Å². The Bertz CT molecular complexity index is 432. The quantitative estimate of drug-likeness (QED) is 0.803. The van der Waals surface area contributed by atoms with Crippen molar-refractivity contribution in [2.24, 2.45) is 11.8 Å². The van der Waals surface area contributed by atoms with Crippen LogP contribution in [0, 0.1) is 17.7 Å². The standard InChI is InChI=1S/C15H21FN2S/c1-10-4-3-5-14(11(10)2)18-15(19)17-13-8-6-12(16)7-9-13/h6-11,14H,3-5H2,1-2H3,(H2,17,18,19)/t10-,11+,14-/m1/s1. The fourth-order valence-corrected chi connectivity index (χ4v) is 2.92. The van der Waals surface area contributed by atoms with E-state index in [2.05, 4.69) is 24.5 Å². The number of benzene rings is 1. The molecule has 0 spiro atoms. The first-order valence-corrected chi connectivity index (χ1v) is 7.30. The first-order chi connectivity index (χ1) is 9.06. The largest absolute Gasteiger partial charge is 0.359 e. The molecule has 1 aliphatic carbocycles. The van der Waals surface area contributed by atoms with E-state index in [1.807, 2.05) is 0 Å². The van der Waals surface area contributed by atoms with Gasteiger partial charge in [-0.25, -0.2) is 4.39 Å². The zero-order chi connectivity index (χ0) is 13.8.